The van der Waals surface area contributed by atoms with Crippen LogP contribution in [0.2, 0.25) is 0 Å². The predicted molar refractivity (Wildman–Crippen MR) is 97.6 cm³/mol. The molecule has 0 aliphatic heterocycles. The van der Waals surface area contributed by atoms with E-state index >= 15 is 0 Å². The molecular formula is C22H14N. The molecule has 0 spiro atoms. The third-order valence-corrected chi connectivity index (χ3v) is 4.50. The van der Waals surface area contributed by atoms with Crippen LogP contribution in [-0.2, 0) is 0 Å². The molecule has 0 saturated carbocycles. The van der Waals surface area contributed by atoms with E-state index in [2.05, 4.69) is 89.9 Å². The van der Waals surface area contributed by atoms with Crippen molar-refractivity contribution >= 4 is 32.6 Å². The highest BCUT2D eigenvalue weighted by Gasteiger charge is 2.08. The van der Waals surface area contributed by atoms with Gasteiger partial charge >= 0.3 is 0 Å². The normalized spacial score (nSPS) is 11.5. The highest BCUT2D eigenvalue weighted by molar-refractivity contribution is 6.08. The van der Waals surface area contributed by atoms with Gasteiger partial charge in [0.1, 0.15) is 0 Å². The summed E-state index contributed by atoms with van der Waals surface area (Å²) in [6.07, 6.45) is 0. The van der Waals surface area contributed by atoms with Crippen LogP contribution in [0.5, 0.6) is 0 Å². The highest BCUT2D eigenvalue weighted by Crippen LogP contribution is 2.32. The van der Waals surface area contributed by atoms with Crippen molar-refractivity contribution in [2.24, 2.45) is 0 Å². The molecule has 0 aliphatic rings. The van der Waals surface area contributed by atoms with Crippen molar-refractivity contribution in [1.29, 1.82) is 0 Å². The van der Waals surface area contributed by atoms with Crippen molar-refractivity contribution in [1.82, 2.24) is 4.98 Å². The first kappa shape index (κ1) is 12.5. The van der Waals surface area contributed by atoms with E-state index in [0.717, 1.165) is 16.6 Å². The number of benzene rings is 4. The molecule has 5 aromatic rings. The van der Waals surface area contributed by atoms with Crippen LogP contribution in [0.15, 0.2) is 78.9 Å². The maximum absolute atomic E-state index is 3.57. The molecule has 0 amide bonds. The van der Waals surface area contributed by atoms with Gasteiger partial charge in [-0.15, -0.1) is 0 Å². The predicted octanol–water partition coefficient (Wildman–Crippen LogP) is 5.94. The average Bonchev–Trinajstić information content (AvgIpc) is 2.99. The Morgan fingerprint density at radius 1 is 0.609 bits per heavy atom. The molecule has 0 atom stereocenters. The van der Waals surface area contributed by atoms with Gasteiger partial charge in [0.05, 0.1) is 5.52 Å². The first-order valence-corrected chi connectivity index (χ1v) is 7.81. The number of aromatic amines is 1. The number of H-pyrrole nitrogens is 1. The summed E-state index contributed by atoms with van der Waals surface area (Å²) >= 11 is 0. The van der Waals surface area contributed by atoms with Gasteiger partial charge in [0, 0.05) is 22.4 Å². The minimum atomic E-state index is 1.07. The Hall–Kier alpha value is -3.06. The molecule has 5 rings (SSSR count). The molecule has 1 heteroatoms. The van der Waals surface area contributed by atoms with Gasteiger partial charge in [-0.3, -0.25) is 0 Å². The summed E-state index contributed by atoms with van der Waals surface area (Å²) in [7, 11) is 0. The molecular weight excluding hydrogens is 278 g/mol. The van der Waals surface area contributed by atoms with E-state index in [4.69, 9.17) is 0 Å². The van der Waals surface area contributed by atoms with Gasteiger partial charge in [-0.2, -0.15) is 0 Å². The summed E-state index contributed by atoms with van der Waals surface area (Å²) in [5, 5.41) is 5.00. The van der Waals surface area contributed by atoms with Crippen molar-refractivity contribution in [2.45, 2.75) is 0 Å². The molecule has 23 heavy (non-hydrogen) atoms. The lowest BCUT2D eigenvalue weighted by atomic mass is 9.97. The van der Waals surface area contributed by atoms with Crippen LogP contribution >= 0.6 is 0 Å². The fourth-order valence-corrected chi connectivity index (χ4v) is 3.40. The van der Waals surface area contributed by atoms with Gasteiger partial charge < -0.3 is 4.98 Å². The molecule has 0 bridgehead atoms. The Labute approximate surface area is 134 Å². The maximum atomic E-state index is 3.57. The minimum absolute atomic E-state index is 1.07. The maximum Gasteiger partial charge on any atom is 0.0551 e. The number of fused-ring (bicyclic) bond motifs is 4. The second-order valence-electron chi connectivity index (χ2n) is 5.86. The lowest BCUT2D eigenvalue weighted by Crippen LogP contribution is -1.82. The van der Waals surface area contributed by atoms with Crippen molar-refractivity contribution in [3.8, 4) is 11.1 Å². The van der Waals surface area contributed by atoms with Crippen molar-refractivity contribution < 1.29 is 0 Å². The summed E-state index contributed by atoms with van der Waals surface area (Å²) in [5.41, 5.74) is 4.58. The summed E-state index contributed by atoms with van der Waals surface area (Å²) < 4.78 is 0. The number of hydrogen-bond donors (Lipinski definition) is 1. The number of aromatic nitrogens is 1. The third kappa shape index (κ3) is 1.87. The molecule has 0 aliphatic carbocycles. The van der Waals surface area contributed by atoms with E-state index in [9.17, 15) is 0 Å². The fraction of sp³-hybridized carbons (Fsp3) is 0. The van der Waals surface area contributed by atoms with E-state index in [0.29, 0.717) is 0 Å². The van der Waals surface area contributed by atoms with Crippen LogP contribution in [0, 0.1) is 6.07 Å². The fourth-order valence-electron chi connectivity index (χ4n) is 3.40. The molecule has 1 heterocycles. The van der Waals surface area contributed by atoms with Gasteiger partial charge in [0.2, 0.25) is 0 Å². The molecule has 1 radical (unpaired) electrons. The van der Waals surface area contributed by atoms with Crippen molar-refractivity contribution in [2.75, 3.05) is 0 Å². The van der Waals surface area contributed by atoms with Gasteiger partial charge in [0.15, 0.2) is 0 Å². The Bertz CT molecular complexity index is 1160. The SMILES string of the molecule is [c]1c(-c2cccc3ccccc23)ccc2c1[nH]c1ccccc12. The Morgan fingerprint density at radius 3 is 2.35 bits per heavy atom. The second kappa shape index (κ2) is 4.72. The third-order valence-electron chi connectivity index (χ3n) is 4.50. The molecule has 107 valence electrons. The molecule has 0 unspecified atom stereocenters. The van der Waals surface area contributed by atoms with Gasteiger partial charge in [-0.25, -0.2) is 0 Å². The number of hydrogen-bond acceptors (Lipinski definition) is 0. The van der Waals surface area contributed by atoms with Crippen molar-refractivity contribution in [3.05, 3.63) is 84.9 Å². The number of para-hydroxylation sites is 1. The molecule has 1 N–H and O–H groups in total. The lowest BCUT2D eigenvalue weighted by Gasteiger charge is -2.06. The van der Waals surface area contributed by atoms with Gasteiger partial charge in [-0.05, 0) is 28.0 Å². The topological polar surface area (TPSA) is 15.8 Å². The summed E-state index contributed by atoms with van der Waals surface area (Å²) in [4.78, 5) is 3.48. The van der Waals surface area contributed by atoms with Gasteiger partial charge in [0.25, 0.3) is 0 Å². The molecule has 1 aromatic heterocycles. The van der Waals surface area contributed by atoms with Crippen LogP contribution in [0.1, 0.15) is 0 Å². The lowest BCUT2D eigenvalue weighted by molar-refractivity contribution is 1.54. The first-order valence-electron chi connectivity index (χ1n) is 7.81. The average molecular weight is 292 g/mol. The van der Waals surface area contributed by atoms with Crippen LogP contribution in [0.25, 0.3) is 43.7 Å². The summed E-state index contributed by atoms with van der Waals surface area (Å²) in [6, 6.07) is 31.3. The molecule has 0 fully saturated rings. The monoisotopic (exact) mass is 292 g/mol. The Balaban J connectivity index is 1.81. The zero-order chi connectivity index (χ0) is 15.2. The van der Waals surface area contributed by atoms with Crippen molar-refractivity contribution in [3.63, 3.8) is 0 Å². The zero-order valence-electron chi connectivity index (χ0n) is 12.5. The minimum Gasteiger partial charge on any atom is -0.354 e. The van der Waals surface area contributed by atoms with Gasteiger partial charge in [-0.1, -0.05) is 72.8 Å². The molecule has 1 nitrogen and oxygen atoms in total. The molecule has 0 saturated heterocycles. The smallest absolute Gasteiger partial charge is 0.0551 e. The van der Waals surface area contributed by atoms with E-state index in [1.165, 1.54) is 27.1 Å². The standard InChI is InChI=1S/C22H14N/c1-2-8-17-15(6-1)7-5-10-18(17)16-12-13-20-19-9-3-4-11-21(19)23-22(20)14-16/h1-13,23H. The quantitative estimate of drug-likeness (QED) is 0.393. The Kier molecular flexibility index (Phi) is 2.56. The van der Waals surface area contributed by atoms with Crippen LogP contribution in [-0.4, -0.2) is 4.98 Å². The van der Waals surface area contributed by atoms with Crippen LogP contribution in [0.3, 0.4) is 0 Å². The number of nitrogens with one attached hydrogen (secondary N) is 1. The first-order chi connectivity index (χ1) is 11.4. The summed E-state index contributed by atoms with van der Waals surface area (Å²) in [6.45, 7) is 0. The van der Waals surface area contributed by atoms with E-state index < -0.39 is 0 Å². The van der Waals surface area contributed by atoms with E-state index in [-0.39, 0.29) is 0 Å². The van der Waals surface area contributed by atoms with Crippen LogP contribution < -0.4 is 0 Å². The number of rotatable bonds is 1. The highest BCUT2D eigenvalue weighted by atomic mass is 14.7. The van der Waals surface area contributed by atoms with E-state index in [1.54, 1.807) is 0 Å². The zero-order valence-corrected chi connectivity index (χ0v) is 12.5. The largest absolute Gasteiger partial charge is 0.354 e. The second-order valence-corrected chi connectivity index (χ2v) is 5.86. The Morgan fingerprint density at radius 2 is 1.39 bits per heavy atom. The summed E-state index contributed by atoms with van der Waals surface area (Å²) in [5.74, 6) is 0. The van der Waals surface area contributed by atoms with Crippen LogP contribution in [0.4, 0.5) is 0 Å². The van der Waals surface area contributed by atoms with E-state index in [1.807, 2.05) is 0 Å². The molecule has 4 aromatic carbocycles.